The number of ether oxygens (including phenoxy) is 1. The SMILES string of the molecule is CCc1nc(C)c(CNC(=O)[C@@]2(c3ccc(OC)cc3)CC2(C)C)s1. The van der Waals surface area contributed by atoms with Crippen molar-refractivity contribution < 1.29 is 9.53 Å². The van der Waals surface area contributed by atoms with Gasteiger partial charge in [-0.25, -0.2) is 4.98 Å². The molecule has 0 saturated heterocycles. The summed E-state index contributed by atoms with van der Waals surface area (Å²) in [5, 5.41) is 4.29. The average molecular weight is 359 g/mol. The second kappa shape index (κ2) is 6.45. The second-order valence-corrected chi connectivity index (χ2v) is 8.52. The highest BCUT2D eigenvalue weighted by atomic mass is 32.1. The van der Waals surface area contributed by atoms with Crippen LogP contribution in [-0.2, 0) is 23.2 Å². The van der Waals surface area contributed by atoms with Crippen LogP contribution in [0.1, 0.15) is 48.3 Å². The van der Waals surface area contributed by atoms with E-state index in [9.17, 15) is 4.79 Å². The molecule has 1 atom stereocenters. The first-order valence-electron chi connectivity index (χ1n) is 8.72. The summed E-state index contributed by atoms with van der Waals surface area (Å²) in [5.74, 6) is 0.915. The van der Waals surface area contributed by atoms with Gasteiger partial charge in [-0.1, -0.05) is 32.9 Å². The van der Waals surface area contributed by atoms with Gasteiger partial charge in [0.15, 0.2) is 0 Å². The Labute approximate surface area is 153 Å². The first kappa shape index (κ1) is 17.9. The third-order valence-corrected chi connectivity index (χ3v) is 6.66. The maximum atomic E-state index is 13.1. The van der Waals surface area contributed by atoms with Crippen LogP contribution < -0.4 is 10.1 Å². The van der Waals surface area contributed by atoms with Gasteiger partial charge < -0.3 is 10.1 Å². The lowest BCUT2D eigenvalue weighted by molar-refractivity contribution is -0.124. The van der Waals surface area contributed by atoms with E-state index in [0.29, 0.717) is 6.54 Å². The molecule has 1 fully saturated rings. The van der Waals surface area contributed by atoms with Gasteiger partial charge in [0.05, 0.1) is 29.8 Å². The van der Waals surface area contributed by atoms with Crippen molar-refractivity contribution in [2.75, 3.05) is 7.11 Å². The number of aryl methyl sites for hydroxylation is 2. The Balaban J connectivity index is 1.78. The summed E-state index contributed by atoms with van der Waals surface area (Å²) in [6.45, 7) is 8.98. The predicted molar refractivity (Wildman–Crippen MR) is 101 cm³/mol. The van der Waals surface area contributed by atoms with Gasteiger partial charge >= 0.3 is 0 Å². The van der Waals surface area contributed by atoms with Crippen LogP contribution in [0.25, 0.3) is 0 Å². The number of thiazole rings is 1. The highest BCUT2D eigenvalue weighted by Crippen LogP contribution is 2.64. The van der Waals surface area contributed by atoms with Crippen LogP contribution in [0.15, 0.2) is 24.3 Å². The third kappa shape index (κ3) is 3.06. The fraction of sp³-hybridized carbons (Fsp3) is 0.500. The molecular weight excluding hydrogens is 332 g/mol. The zero-order chi connectivity index (χ0) is 18.2. The number of carbonyl (C=O) groups is 1. The molecule has 1 aromatic heterocycles. The minimum Gasteiger partial charge on any atom is -0.497 e. The smallest absolute Gasteiger partial charge is 0.231 e. The zero-order valence-electron chi connectivity index (χ0n) is 15.6. The topological polar surface area (TPSA) is 51.2 Å². The highest BCUT2D eigenvalue weighted by molar-refractivity contribution is 7.11. The lowest BCUT2D eigenvalue weighted by Gasteiger charge is -2.21. The summed E-state index contributed by atoms with van der Waals surface area (Å²) < 4.78 is 5.24. The van der Waals surface area contributed by atoms with Crippen molar-refractivity contribution in [3.63, 3.8) is 0 Å². The van der Waals surface area contributed by atoms with Gasteiger partial charge in [0, 0.05) is 4.88 Å². The average Bonchev–Trinajstić information content (AvgIpc) is 3.02. The van der Waals surface area contributed by atoms with Crippen LogP contribution in [0.4, 0.5) is 0 Å². The van der Waals surface area contributed by atoms with E-state index in [-0.39, 0.29) is 11.3 Å². The van der Waals surface area contributed by atoms with Gasteiger partial charge in [0.2, 0.25) is 5.91 Å². The van der Waals surface area contributed by atoms with Crippen molar-refractivity contribution in [2.45, 2.75) is 52.5 Å². The fourth-order valence-corrected chi connectivity index (χ4v) is 4.57. The molecule has 0 spiro atoms. The van der Waals surface area contributed by atoms with E-state index in [1.54, 1.807) is 18.4 Å². The van der Waals surface area contributed by atoms with Crippen molar-refractivity contribution in [3.05, 3.63) is 45.4 Å². The van der Waals surface area contributed by atoms with E-state index < -0.39 is 5.41 Å². The van der Waals surface area contributed by atoms with Gasteiger partial charge in [-0.15, -0.1) is 11.3 Å². The van der Waals surface area contributed by atoms with Crippen molar-refractivity contribution in [1.29, 1.82) is 0 Å². The Bertz CT molecular complexity index is 779. The molecule has 0 radical (unpaired) electrons. The van der Waals surface area contributed by atoms with Crippen LogP contribution in [-0.4, -0.2) is 18.0 Å². The minimum atomic E-state index is -0.453. The van der Waals surface area contributed by atoms with Crippen LogP contribution in [0.2, 0.25) is 0 Å². The Kier molecular flexibility index (Phi) is 4.62. The number of benzene rings is 1. The Morgan fingerprint density at radius 3 is 2.44 bits per heavy atom. The monoisotopic (exact) mass is 358 g/mol. The number of aromatic nitrogens is 1. The molecule has 4 nitrogen and oxygen atoms in total. The summed E-state index contributed by atoms with van der Waals surface area (Å²) in [4.78, 5) is 18.8. The largest absolute Gasteiger partial charge is 0.497 e. The zero-order valence-corrected chi connectivity index (χ0v) is 16.4. The van der Waals surface area contributed by atoms with E-state index in [2.05, 4.69) is 31.1 Å². The van der Waals surface area contributed by atoms with Crippen LogP contribution >= 0.6 is 11.3 Å². The van der Waals surface area contributed by atoms with E-state index in [0.717, 1.165) is 39.7 Å². The van der Waals surface area contributed by atoms with E-state index in [1.807, 2.05) is 31.2 Å². The number of rotatable bonds is 6. The molecule has 25 heavy (non-hydrogen) atoms. The predicted octanol–water partition coefficient (Wildman–Crippen LogP) is 4.01. The van der Waals surface area contributed by atoms with E-state index >= 15 is 0 Å². The van der Waals surface area contributed by atoms with Gasteiger partial charge in [-0.05, 0) is 42.9 Å². The Morgan fingerprint density at radius 1 is 1.32 bits per heavy atom. The summed E-state index contributed by atoms with van der Waals surface area (Å²) in [7, 11) is 1.65. The highest BCUT2D eigenvalue weighted by Gasteiger charge is 2.66. The van der Waals surface area contributed by atoms with Crippen molar-refractivity contribution in [3.8, 4) is 5.75 Å². The lowest BCUT2D eigenvalue weighted by atomic mass is 9.87. The van der Waals surface area contributed by atoms with Crippen molar-refractivity contribution >= 4 is 17.2 Å². The number of amides is 1. The number of hydrogen-bond donors (Lipinski definition) is 1. The maximum absolute atomic E-state index is 13.1. The van der Waals surface area contributed by atoms with Crippen molar-refractivity contribution in [2.24, 2.45) is 5.41 Å². The molecule has 1 N–H and O–H groups in total. The Morgan fingerprint density at radius 2 is 1.96 bits per heavy atom. The first-order chi connectivity index (χ1) is 11.8. The van der Waals surface area contributed by atoms with Gasteiger partial charge in [-0.2, -0.15) is 0 Å². The molecule has 3 rings (SSSR count). The quantitative estimate of drug-likeness (QED) is 0.849. The molecule has 1 aromatic carbocycles. The van der Waals surface area contributed by atoms with Crippen molar-refractivity contribution in [1.82, 2.24) is 10.3 Å². The molecule has 0 unspecified atom stereocenters. The molecule has 1 amide bonds. The van der Waals surface area contributed by atoms with Crippen LogP contribution in [0.5, 0.6) is 5.75 Å². The number of carbonyl (C=O) groups excluding carboxylic acids is 1. The summed E-state index contributed by atoms with van der Waals surface area (Å²) in [5.41, 5.74) is 1.59. The standard InChI is InChI=1S/C20H26N2O2S/c1-6-17-22-13(2)16(25-17)11-21-18(23)20(12-19(20,3)4)14-7-9-15(24-5)10-8-14/h7-10H,6,11-12H2,1-5H3,(H,21,23)/t20-/m0/s1. The Hall–Kier alpha value is -1.88. The van der Waals surface area contributed by atoms with Gasteiger partial charge in [-0.3, -0.25) is 4.79 Å². The fourth-order valence-electron chi connectivity index (χ4n) is 3.62. The van der Waals surface area contributed by atoms with Crippen LogP contribution in [0.3, 0.4) is 0 Å². The van der Waals surface area contributed by atoms with Crippen LogP contribution in [0, 0.1) is 12.3 Å². The number of hydrogen-bond acceptors (Lipinski definition) is 4. The lowest BCUT2D eigenvalue weighted by Crippen LogP contribution is -2.37. The molecule has 1 aliphatic rings. The third-order valence-electron chi connectivity index (χ3n) is 5.36. The number of nitrogens with one attached hydrogen (secondary N) is 1. The van der Waals surface area contributed by atoms with E-state index in [4.69, 9.17) is 4.74 Å². The molecule has 5 heteroatoms. The van der Waals surface area contributed by atoms with E-state index in [1.165, 1.54) is 0 Å². The molecule has 1 aliphatic carbocycles. The second-order valence-electron chi connectivity index (χ2n) is 7.35. The first-order valence-corrected chi connectivity index (χ1v) is 9.53. The minimum absolute atomic E-state index is 0.0387. The molecule has 0 bridgehead atoms. The molecule has 0 aliphatic heterocycles. The van der Waals surface area contributed by atoms with Gasteiger partial charge in [0.25, 0.3) is 0 Å². The molecule has 134 valence electrons. The number of nitrogens with zero attached hydrogens (tertiary/aromatic N) is 1. The summed E-state index contributed by atoms with van der Waals surface area (Å²) in [6, 6.07) is 7.89. The number of methoxy groups -OCH3 is 1. The molecular formula is C20H26N2O2S. The summed E-state index contributed by atoms with van der Waals surface area (Å²) >= 11 is 1.69. The summed E-state index contributed by atoms with van der Waals surface area (Å²) in [6.07, 6.45) is 1.79. The molecule has 1 saturated carbocycles. The molecule has 1 heterocycles. The maximum Gasteiger partial charge on any atom is 0.231 e. The normalized spacial score (nSPS) is 21.0. The van der Waals surface area contributed by atoms with Gasteiger partial charge in [0.1, 0.15) is 5.75 Å². The molecule has 2 aromatic rings.